The fourth-order valence-electron chi connectivity index (χ4n) is 3.30. The fourth-order valence-corrected chi connectivity index (χ4v) is 3.30. The molecule has 2 N–H and O–H groups in total. The summed E-state index contributed by atoms with van der Waals surface area (Å²) in [7, 11) is 3.44. The van der Waals surface area contributed by atoms with E-state index >= 15 is 0 Å². The number of carbonyl (C=O) groups is 2. The van der Waals surface area contributed by atoms with Crippen LogP contribution in [0.3, 0.4) is 0 Å². The van der Waals surface area contributed by atoms with Gasteiger partial charge in [0.2, 0.25) is 6.23 Å². The third kappa shape index (κ3) is 4.82. The van der Waals surface area contributed by atoms with Gasteiger partial charge in [-0.25, -0.2) is 9.78 Å². The molecule has 1 aromatic carbocycles. The monoisotopic (exact) mass is 444 g/mol. The minimum atomic E-state index is -0.614. The molecule has 1 aliphatic heterocycles. The minimum Gasteiger partial charge on any atom is -0.471 e. The molecule has 0 saturated carbocycles. The normalized spacial score (nSPS) is 15.7. The number of nitrogens with one attached hydrogen (secondary N) is 2. The van der Waals surface area contributed by atoms with E-state index in [9.17, 15) is 9.59 Å². The highest BCUT2D eigenvalue weighted by atomic mass is 16.5. The van der Waals surface area contributed by atoms with Crippen LogP contribution in [0.5, 0.6) is 0 Å². The highest BCUT2D eigenvalue weighted by Gasteiger charge is 2.15. The Morgan fingerprint density at radius 2 is 1.91 bits per heavy atom. The number of nitrogens with zero attached hydrogens (tertiary/aromatic N) is 4. The Labute approximate surface area is 190 Å². The van der Waals surface area contributed by atoms with E-state index in [4.69, 9.17) is 4.74 Å². The SMILES string of the molecule is CC1=C(C)C(N=NC(=O)Nc2cnc3[nH]c(-c4ccc(C(=O)N(C)C)cc4)cc3c2)OC=C1. The number of fused-ring (bicyclic) bond motifs is 1. The standard InChI is InChI=1S/C24H24N6O3/c1-14-9-10-33-22(15(14)2)28-29-24(32)26-19-11-18-12-20(27-21(18)25-13-19)16-5-7-17(8-6-16)23(31)30(3)4/h5-13,22H,1-4H3,(H,25,27)(H,26,32). The van der Waals surface area contributed by atoms with Crippen molar-refractivity contribution in [2.75, 3.05) is 19.4 Å². The predicted molar refractivity (Wildman–Crippen MR) is 126 cm³/mol. The van der Waals surface area contributed by atoms with Gasteiger partial charge in [-0.15, -0.1) is 5.11 Å². The molecule has 9 heteroatoms. The molecule has 0 spiro atoms. The summed E-state index contributed by atoms with van der Waals surface area (Å²) in [5.74, 6) is -0.0507. The number of H-pyrrole nitrogens is 1. The molecule has 0 bridgehead atoms. The zero-order chi connectivity index (χ0) is 23.5. The number of aromatic nitrogens is 2. The van der Waals surface area contributed by atoms with Gasteiger partial charge in [-0.05, 0) is 60.9 Å². The van der Waals surface area contributed by atoms with Crippen LogP contribution in [0.15, 0.2) is 76.3 Å². The molecule has 0 fully saturated rings. The number of urea groups is 1. The van der Waals surface area contributed by atoms with Gasteiger partial charge in [0.05, 0.1) is 18.1 Å². The molecule has 4 rings (SSSR count). The maximum Gasteiger partial charge on any atom is 0.363 e. The Morgan fingerprint density at radius 3 is 2.64 bits per heavy atom. The number of anilines is 1. The van der Waals surface area contributed by atoms with Crippen LogP contribution < -0.4 is 5.32 Å². The topological polar surface area (TPSA) is 112 Å². The Hall–Kier alpha value is -4.27. The maximum atomic E-state index is 12.2. The van der Waals surface area contributed by atoms with E-state index in [-0.39, 0.29) is 5.91 Å². The molecule has 0 radical (unpaired) electrons. The molecule has 0 aliphatic carbocycles. The van der Waals surface area contributed by atoms with Crippen molar-refractivity contribution in [2.24, 2.45) is 10.2 Å². The summed E-state index contributed by atoms with van der Waals surface area (Å²) in [4.78, 5) is 33.5. The number of pyridine rings is 1. The summed E-state index contributed by atoms with van der Waals surface area (Å²) in [5.41, 5.74) is 5.49. The largest absolute Gasteiger partial charge is 0.471 e. The average Bonchev–Trinajstić information content (AvgIpc) is 3.23. The van der Waals surface area contributed by atoms with Crippen LogP contribution in [-0.2, 0) is 4.74 Å². The molecule has 0 saturated heterocycles. The number of aromatic amines is 1. The van der Waals surface area contributed by atoms with Crippen molar-refractivity contribution in [3.63, 3.8) is 0 Å². The third-order valence-corrected chi connectivity index (χ3v) is 5.34. The van der Waals surface area contributed by atoms with Gasteiger partial charge < -0.3 is 19.9 Å². The fraction of sp³-hybridized carbons (Fsp3) is 0.208. The lowest BCUT2D eigenvalue weighted by atomic mass is 10.1. The number of rotatable bonds is 4. The smallest absolute Gasteiger partial charge is 0.363 e. The first-order valence-corrected chi connectivity index (χ1v) is 10.3. The predicted octanol–water partition coefficient (Wildman–Crippen LogP) is 5.12. The van der Waals surface area contributed by atoms with Crippen molar-refractivity contribution >= 4 is 28.7 Å². The molecular weight excluding hydrogens is 420 g/mol. The number of hydrogen-bond donors (Lipinski definition) is 2. The molecule has 3 amide bonds. The Morgan fingerprint density at radius 1 is 1.15 bits per heavy atom. The number of hydrogen-bond acceptors (Lipinski definition) is 5. The van der Waals surface area contributed by atoms with Crippen molar-refractivity contribution < 1.29 is 14.3 Å². The molecule has 3 heterocycles. The molecule has 1 atom stereocenters. The zero-order valence-electron chi connectivity index (χ0n) is 18.8. The summed E-state index contributed by atoms with van der Waals surface area (Å²) in [6.07, 6.45) is 4.32. The molecule has 33 heavy (non-hydrogen) atoms. The van der Waals surface area contributed by atoms with Gasteiger partial charge in [-0.2, -0.15) is 0 Å². The molecule has 1 aliphatic rings. The minimum absolute atomic E-state index is 0.0507. The van der Waals surface area contributed by atoms with Gasteiger partial charge in [0.25, 0.3) is 5.91 Å². The quantitative estimate of drug-likeness (QED) is 0.544. The molecule has 2 aromatic heterocycles. The molecule has 1 unspecified atom stereocenters. The summed E-state index contributed by atoms with van der Waals surface area (Å²) < 4.78 is 5.38. The van der Waals surface area contributed by atoms with Gasteiger partial charge in [0.15, 0.2) is 0 Å². The molecule has 168 valence electrons. The van der Waals surface area contributed by atoms with Crippen LogP contribution >= 0.6 is 0 Å². The van der Waals surface area contributed by atoms with E-state index in [1.807, 2.05) is 38.1 Å². The van der Waals surface area contributed by atoms with Gasteiger partial charge in [0.1, 0.15) is 5.65 Å². The second-order valence-corrected chi connectivity index (χ2v) is 7.92. The number of ether oxygens (including phenoxy) is 1. The number of azo groups is 1. The van der Waals surface area contributed by atoms with Gasteiger partial charge in [-0.1, -0.05) is 17.2 Å². The number of amides is 3. The van der Waals surface area contributed by atoms with E-state index in [2.05, 4.69) is 25.5 Å². The third-order valence-electron chi connectivity index (χ3n) is 5.34. The van der Waals surface area contributed by atoms with Crippen molar-refractivity contribution in [1.82, 2.24) is 14.9 Å². The number of carbonyl (C=O) groups excluding carboxylic acids is 2. The first kappa shape index (κ1) is 21.9. The second kappa shape index (κ2) is 9.07. The first-order chi connectivity index (χ1) is 15.8. The average molecular weight is 444 g/mol. The van der Waals surface area contributed by atoms with E-state index < -0.39 is 12.3 Å². The van der Waals surface area contributed by atoms with Crippen molar-refractivity contribution in [2.45, 2.75) is 20.1 Å². The summed E-state index contributed by atoms with van der Waals surface area (Å²) in [5, 5.41) is 11.2. The van der Waals surface area contributed by atoms with Gasteiger partial charge >= 0.3 is 6.03 Å². The number of benzene rings is 1. The zero-order valence-corrected chi connectivity index (χ0v) is 18.8. The maximum absolute atomic E-state index is 12.2. The van der Waals surface area contributed by atoms with Crippen molar-refractivity contribution in [3.05, 3.63) is 71.6 Å². The van der Waals surface area contributed by atoms with Gasteiger partial charge in [-0.3, -0.25) is 4.79 Å². The molecule has 9 nitrogen and oxygen atoms in total. The molecular formula is C24H24N6O3. The van der Waals surface area contributed by atoms with Crippen LogP contribution in [0.4, 0.5) is 10.5 Å². The highest BCUT2D eigenvalue weighted by Crippen LogP contribution is 2.25. The Balaban J connectivity index is 1.47. The van der Waals surface area contributed by atoms with E-state index in [1.54, 1.807) is 44.8 Å². The summed E-state index contributed by atoms with van der Waals surface area (Å²) in [6, 6.07) is 10.5. The van der Waals surface area contributed by atoms with Crippen LogP contribution in [0.2, 0.25) is 0 Å². The van der Waals surface area contributed by atoms with E-state index in [1.165, 1.54) is 4.90 Å². The van der Waals surface area contributed by atoms with Crippen LogP contribution in [0.25, 0.3) is 22.3 Å². The van der Waals surface area contributed by atoms with Crippen LogP contribution in [-0.4, -0.2) is 47.1 Å². The Bertz CT molecular complexity index is 1300. The summed E-state index contributed by atoms with van der Waals surface area (Å²) in [6.45, 7) is 3.83. The molecule has 3 aromatic rings. The lowest BCUT2D eigenvalue weighted by Crippen LogP contribution is -2.21. The van der Waals surface area contributed by atoms with Crippen molar-refractivity contribution in [3.8, 4) is 11.3 Å². The van der Waals surface area contributed by atoms with E-state index in [0.717, 1.165) is 27.8 Å². The lowest BCUT2D eigenvalue weighted by molar-refractivity contribution is 0.0827. The second-order valence-electron chi connectivity index (χ2n) is 7.92. The van der Waals surface area contributed by atoms with Crippen molar-refractivity contribution in [1.29, 1.82) is 0 Å². The summed E-state index contributed by atoms with van der Waals surface area (Å²) >= 11 is 0. The van der Waals surface area contributed by atoms with Crippen LogP contribution in [0, 0.1) is 0 Å². The van der Waals surface area contributed by atoms with E-state index in [0.29, 0.717) is 16.9 Å². The lowest BCUT2D eigenvalue weighted by Gasteiger charge is -2.17. The van der Waals surface area contributed by atoms with Gasteiger partial charge in [0, 0.05) is 30.7 Å². The number of allylic oxidation sites excluding steroid dienone is 2. The van der Waals surface area contributed by atoms with Crippen LogP contribution in [0.1, 0.15) is 24.2 Å². The first-order valence-electron chi connectivity index (χ1n) is 10.3. The highest BCUT2D eigenvalue weighted by molar-refractivity contribution is 5.95. The Kier molecular flexibility index (Phi) is 6.03.